The molecule has 0 saturated heterocycles. The Balaban J connectivity index is -0.0000192. The zero-order chi connectivity index (χ0) is 47.7. The molecule has 0 aliphatic rings. The Morgan fingerprint density at radius 2 is 0.862 bits per heavy atom. The smallest absolute Gasteiger partial charge is 0.549 e. The molecule has 0 rings (SSSR count). The second kappa shape index (κ2) is 39.3. The molecule has 12 N–H and O–H groups in total. The normalized spacial score (nSPS) is 14.1. The van der Waals surface area contributed by atoms with Crippen LogP contribution in [0.4, 0.5) is 0 Å². The van der Waals surface area contributed by atoms with Gasteiger partial charge in [0.1, 0.15) is 37.6 Å². The Kier molecular flexibility index (Phi) is 39.5. The first kappa shape index (κ1) is 65.4. The van der Waals surface area contributed by atoms with Crippen molar-refractivity contribution < 1.29 is 154 Å². The molecule has 6 atom stereocenters. The number of nitrogens with one attached hydrogen (secondary N) is 2. The van der Waals surface area contributed by atoms with Crippen molar-refractivity contribution >= 4 is 54.1 Å². The number of aliphatic hydroxyl groups excluding tert-OH is 8. The standard InChI is InChI=1S/C34H59N7O22.Gd.H2O/c42-18-24(46)33(58)22(44)1-3-37-62-20-31(56)60-11-5-35-26(48)13-40(16-29(52)53)9-7-39(15-28(50)51)8-10-41(17-30(54)55)14-27(49)36-6-12-61-32(57)21-63-38-4-2-23(45)34(59)25(47)19-43;;/h3-4,22-25,33-34,42-47,58-59H,1-2,5-21H2,(H,35,48)(H,36,49)(H,50,51)(H,52,53)(H,54,55);;1H2/q;+3;/p-3/b37-3+,38-4+;;/t22-,23-,24-,25-,33-,34-;;/m1../s1. The van der Waals surface area contributed by atoms with Crippen LogP contribution in [0.15, 0.2) is 10.3 Å². The van der Waals surface area contributed by atoms with Crippen LogP contribution in [0.25, 0.3) is 0 Å². The quantitative estimate of drug-likeness (QED) is 0.0119. The van der Waals surface area contributed by atoms with Gasteiger partial charge >= 0.3 is 51.9 Å². The summed E-state index contributed by atoms with van der Waals surface area (Å²) in [7, 11) is 0. The van der Waals surface area contributed by atoms with Crippen LogP contribution in [0.1, 0.15) is 12.8 Å². The molecule has 375 valence electrons. The maximum absolute atomic E-state index is 12.5. The van der Waals surface area contributed by atoms with E-state index in [1.165, 1.54) is 4.90 Å². The number of nitrogens with zero attached hydrogens (tertiary/aromatic N) is 5. The number of aliphatic carboxylic acids is 3. The maximum Gasteiger partial charge on any atom is 3.00 e. The number of amides is 2. The van der Waals surface area contributed by atoms with Gasteiger partial charge in [-0.25, -0.2) is 9.59 Å². The summed E-state index contributed by atoms with van der Waals surface area (Å²) < 4.78 is 9.70. The van der Waals surface area contributed by atoms with E-state index in [9.17, 15) is 79.5 Å². The van der Waals surface area contributed by atoms with Crippen molar-refractivity contribution in [3.63, 3.8) is 0 Å². The molecule has 0 spiro atoms. The van der Waals surface area contributed by atoms with Gasteiger partial charge in [-0.15, -0.1) is 0 Å². The van der Waals surface area contributed by atoms with Crippen LogP contribution in [-0.4, -0.2) is 263 Å². The fourth-order valence-corrected chi connectivity index (χ4v) is 4.72. The monoisotopic (exact) mass is 1090 g/mol. The number of carbonyl (C=O) groups excluding carboxylic acids is 7. The molecule has 0 bridgehead atoms. The summed E-state index contributed by atoms with van der Waals surface area (Å²) in [6, 6.07) is 0. The third kappa shape index (κ3) is 35.0. The van der Waals surface area contributed by atoms with Crippen LogP contribution >= 0.6 is 0 Å². The molecular weight excluding hydrogens is 1030 g/mol. The zero-order valence-electron chi connectivity index (χ0n) is 34.9. The SMILES string of the molecule is O.O=C([O-])CN(CCN(CC(=O)[O-])CC(=O)NCCOC(=O)CO/N=C/C[C@@H](O)[C@@H](O)[C@H](O)CO)CCN(CC(=O)[O-])CC(=O)NCCOC(=O)CO/N=C/C[C@@H](O)[C@@H](O)[C@H](O)CO.[Gd+3]. The first-order valence-corrected chi connectivity index (χ1v) is 19.0. The summed E-state index contributed by atoms with van der Waals surface area (Å²) in [5.74, 6) is -7.97. The van der Waals surface area contributed by atoms with E-state index >= 15 is 0 Å². The third-order valence-corrected chi connectivity index (χ3v) is 7.94. The van der Waals surface area contributed by atoms with Crippen molar-refractivity contribution in [3.8, 4) is 0 Å². The molecule has 1 radical (unpaired) electrons. The number of hydrogen-bond acceptors (Lipinski definition) is 27. The van der Waals surface area contributed by atoms with Crippen LogP contribution in [-0.2, 0) is 52.7 Å². The second-order valence-corrected chi connectivity index (χ2v) is 13.2. The number of ether oxygens (including phenoxy) is 2. The molecule has 0 aliphatic heterocycles. The van der Waals surface area contributed by atoms with Crippen molar-refractivity contribution in [2.75, 3.05) is 112 Å². The van der Waals surface area contributed by atoms with E-state index in [1.54, 1.807) is 0 Å². The molecule has 65 heavy (non-hydrogen) atoms. The van der Waals surface area contributed by atoms with Gasteiger partial charge in [-0.2, -0.15) is 0 Å². The number of oxime groups is 2. The van der Waals surface area contributed by atoms with Crippen LogP contribution < -0.4 is 26.0 Å². The van der Waals surface area contributed by atoms with Crippen LogP contribution in [0.2, 0.25) is 0 Å². The zero-order valence-corrected chi connectivity index (χ0v) is 37.2. The van der Waals surface area contributed by atoms with Crippen LogP contribution in [0.5, 0.6) is 0 Å². The average Bonchev–Trinajstić information content (AvgIpc) is 3.22. The molecule has 0 aromatic heterocycles. The van der Waals surface area contributed by atoms with E-state index in [0.29, 0.717) is 0 Å². The molecular formula is C34H58GdN7O23. The fraction of sp³-hybridized carbons (Fsp3) is 0.735. The average molecular weight is 1090 g/mol. The minimum atomic E-state index is -1.65. The molecule has 0 aliphatic carbocycles. The summed E-state index contributed by atoms with van der Waals surface area (Å²) in [6.45, 7) is -8.17. The Labute approximate surface area is 403 Å². The van der Waals surface area contributed by atoms with Crippen molar-refractivity contribution in [2.24, 2.45) is 10.3 Å². The molecule has 31 heteroatoms. The third-order valence-electron chi connectivity index (χ3n) is 7.94. The summed E-state index contributed by atoms with van der Waals surface area (Å²) in [4.78, 5) is 95.5. The van der Waals surface area contributed by atoms with Gasteiger partial charge in [0.2, 0.25) is 25.0 Å². The van der Waals surface area contributed by atoms with Crippen LogP contribution in [0, 0.1) is 39.9 Å². The van der Waals surface area contributed by atoms with Crippen LogP contribution in [0.3, 0.4) is 0 Å². The minimum absolute atomic E-state index is 0. The molecule has 30 nitrogen and oxygen atoms in total. The van der Waals surface area contributed by atoms with E-state index in [1.807, 2.05) is 0 Å². The predicted octanol–water partition coefficient (Wildman–Crippen LogP) is -13.4. The predicted molar refractivity (Wildman–Crippen MR) is 204 cm³/mol. The Hall–Kier alpha value is -3.93. The maximum atomic E-state index is 12.5. The van der Waals surface area contributed by atoms with Crippen molar-refractivity contribution in [1.82, 2.24) is 25.3 Å². The Morgan fingerprint density at radius 1 is 0.538 bits per heavy atom. The van der Waals surface area contributed by atoms with Crippen molar-refractivity contribution in [3.05, 3.63) is 0 Å². The Morgan fingerprint density at radius 3 is 1.18 bits per heavy atom. The molecule has 0 aromatic carbocycles. The molecule has 2 amide bonds. The van der Waals surface area contributed by atoms with E-state index in [2.05, 4.69) is 30.6 Å². The number of carboxylic acids is 3. The van der Waals surface area contributed by atoms with E-state index in [-0.39, 0.29) is 111 Å². The Bertz CT molecular complexity index is 1360. The molecule has 0 fully saturated rings. The van der Waals surface area contributed by atoms with Gasteiger partial charge < -0.3 is 106 Å². The summed E-state index contributed by atoms with van der Waals surface area (Å²) in [5.41, 5.74) is 0. The first-order valence-electron chi connectivity index (χ1n) is 19.0. The van der Waals surface area contributed by atoms with Crippen molar-refractivity contribution in [2.45, 2.75) is 49.5 Å². The minimum Gasteiger partial charge on any atom is -0.549 e. The number of carbonyl (C=O) groups is 7. The van der Waals surface area contributed by atoms with Gasteiger partial charge in [-0.05, 0) is 0 Å². The number of hydrogen-bond donors (Lipinski definition) is 10. The summed E-state index contributed by atoms with van der Waals surface area (Å²) >= 11 is 0. The van der Waals surface area contributed by atoms with Gasteiger partial charge in [-0.1, -0.05) is 10.3 Å². The van der Waals surface area contributed by atoms with E-state index < -0.39 is 137 Å². The number of aliphatic hydroxyl groups is 8. The fourth-order valence-electron chi connectivity index (χ4n) is 4.72. The van der Waals surface area contributed by atoms with Gasteiger partial charge in [0.25, 0.3) is 0 Å². The van der Waals surface area contributed by atoms with Gasteiger partial charge in [-0.3, -0.25) is 24.3 Å². The molecule has 0 aromatic rings. The summed E-state index contributed by atoms with van der Waals surface area (Å²) in [5, 5.41) is 120. The van der Waals surface area contributed by atoms with E-state index in [4.69, 9.17) is 19.7 Å². The molecule has 0 saturated carbocycles. The second-order valence-electron chi connectivity index (χ2n) is 13.2. The van der Waals surface area contributed by atoms with E-state index in [0.717, 1.165) is 22.2 Å². The van der Waals surface area contributed by atoms with Crippen molar-refractivity contribution in [1.29, 1.82) is 0 Å². The van der Waals surface area contributed by atoms with Gasteiger partial charge in [0, 0.05) is 71.1 Å². The van der Waals surface area contributed by atoms with Gasteiger partial charge in [0.05, 0.1) is 69.5 Å². The number of esters is 2. The largest absolute Gasteiger partial charge is 3.00 e. The first-order chi connectivity index (χ1) is 29.8. The molecule has 0 heterocycles. The molecule has 0 unspecified atom stereocenters. The number of rotatable bonds is 38. The summed E-state index contributed by atoms with van der Waals surface area (Å²) in [6.07, 6.45) is -8.01. The number of carboxylic acid groups (broad SMARTS) is 3. The topological polar surface area (TPSA) is 477 Å². The van der Waals surface area contributed by atoms with Gasteiger partial charge in [0.15, 0.2) is 0 Å².